The van der Waals surface area contributed by atoms with E-state index in [0.29, 0.717) is 67.6 Å². The van der Waals surface area contributed by atoms with Crippen molar-refractivity contribution in [3.8, 4) is 0 Å². The van der Waals surface area contributed by atoms with Crippen LogP contribution in [0.3, 0.4) is 0 Å². The molecule has 0 spiro atoms. The minimum atomic E-state index is -0.239. The van der Waals surface area contributed by atoms with E-state index < -0.39 is 0 Å². The summed E-state index contributed by atoms with van der Waals surface area (Å²) < 4.78 is 1.07. The highest BCUT2D eigenvalue weighted by molar-refractivity contribution is 8.02. The maximum absolute atomic E-state index is 12.7. The molecule has 0 radical (unpaired) electrons. The molecule has 0 aliphatic carbocycles. The van der Waals surface area contributed by atoms with Crippen molar-refractivity contribution >= 4 is 103 Å². The van der Waals surface area contributed by atoms with Crippen LogP contribution < -0.4 is 21.3 Å². The van der Waals surface area contributed by atoms with Crippen LogP contribution in [0.25, 0.3) is 0 Å². The molecule has 0 atom stereocenters. The van der Waals surface area contributed by atoms with Crippen molar-refractivity contribution in [1.29, 1.82) is 0 Å². The number of anilines is 4. The number of aromatic nitrogens is 4. The molecule has 1 fully saturated rings. The molecule has 1 aliphatic heterocycles. The highest BCUT2D eigenvalue weighted by Gasteiger charge is 2.22. The van der Waals surface area contributed by atoms with E-state index in [4.69, 9.17) is 0 Å². The normalized spacial score (nSPS) is 13.3. The average Bonchev–Trinajstić information content (AvgIpc) is 3.76. The monoisotopic (exact) mass is 782 g/mol. The molecular formula is C32H34N10O6S4. The summed E-state index contributed by atoms with van der Waals surface area (Å²) in [5, 5.41) is 27.8. The van der Waals surface area contributed by atoms with Crippen molar-refractivity contribution in [1.82, 2.24) is 30.2 Å². The second-order valence-electron chi connectivity index (χ2n) is 11.3. The maximum Gasteiger partial charge on any atom is 0.240 e. The molecule has 52 heavy (non-hydrogen) atoms. The summed E-state index contributed by atoms with van der Waals surface area (Å²) in [7, 11) is 0. The number of carbonyl (C=O) groups is 6. The van der Waals surface area contributed by atoms with E-state index in [2.05, 4.69) is 41.7 Å². The van der Waals surface area contributed by atoms with Crippen LogP contribution in [0.5, 0.6) is 0 Å². The summed E-state index contributed by atoms with van der Waals surface area (Å²) in [6, 6.07) is 13.3. The third-order valence-electron chi connectivity index (χ3n) is 7.31. The lowest BCUT2D eigenvalue weighted by atomic mass is 10.1. The molecule has 3 heterocycles. The molecule has 4 amide bonds. The number of ketones is 2. The van der Waals surface area contributed by atoms with Gasteiger partial charge in [0.25, 0.3) is 0 Å². The smallest absolute Gasteiger partial charge is 0.240 e. The van der Waals surface area contributed by atoms with Crippen LogP contribution in [0.2, 0.25) is 0 Å². The third-order valence-corrected chi connectivity index (χ3v) is 11.3. The summed E-state index contributed by atoms with van der Waals surface area (Å²) >= 11 is 4.75. The molecule has 272 valence electrons. The number of amides is 4. The second kappa shape index (κ2) is 18.8. The van der Waals surface area contributed by atoms with Gasteiger partial charge in [0.1, 0.15) is 0 Å². The van der Waals surface area contributed by atoms with E-state index in [1.807, 2.05) is 9.80 Å². The lowest BCUT2D eigenvalue weighted by Gasteiger charge is -2.33. The number of piperazine rings is 1. The van der Waals surface area contributed by atoms with Gasteiger partial charge in [-0.1, -0.05) is 46.2 Å². The zero-order valence-electron chi connectivity index (χ0n) is 28.0. The molecule has 16 nitrogen and oxygen atoms in total. The maximum atomic E-state index is 12.7. The molecule has 0 saturated carbocycles. The van der Waals surface area contributed by atoms with Gasteiger partial charge >= 0.3 is 0 Å². The summed E-state index contributed by atoms with van der Waals surface area (Å²) in [5.41, 5.74) is 2.29. The van der Waals surface area contributed by atoms with Gasteiger partial charge in [0.15, 0.2) is 20.2 Å². The van der Waals surface area contributed by atoms with Crippen molar-refractivity contribution in [2.24, 2.45) is 0 Å². The fourth-order valence-corrected chi connectivity index (χ4v) is 7.83. The molecule has 5 rings (SSSR count). The Hall–Kier alpha value is -4.60. The first-order valence-corrected chi connectivity index (χ1v) is 19.4. The fraction of sp³-hybridized carbons (Fsp3) is 0.312. The summed E-state index contributed by atoms with van der Waals surface area (Å²) in [6.45, 7) is 5.63. The summed E-state index contributed by atoms with van der Waals surface area (Å²) in [4.78, 5) is 76.7. The van der Waals surface area contributed by atoms with E-state index in [9.17, 15) is 28.8 Å². The number of Topliss-reactive ketones (excluding diaryl/α,β-unsaturated/α-hetero) is 2. The van der Waals surface area contributed by atoms with Gasteiger partial charge in [-0.05, 0) is 62.4 Å². The Morgan fingerprint density at radius 2 is 0.923 bits per heavy atom. The van der Waals surface area contributed by atoms with Crippen LogP contribution in [0, 0.1) is 0 Å². The lowest BCUT2D eigenvalue weighted by molar-refractivity contribution is -0.120. The van der Waals surface area contributed by atoms with Crippen molar-refractivity contribution in [2.45, 2.75) is 22.5 Å². The van der Waals surface area contributed by atoms with Crippen molar-refractivity contribution in [3.05, 3.63) is 59.7 Å². The largest absolute Gasteiger partial charge is 0.325 e. The van der Waals surface area contributed by atoms with Crippen LogP contribution in [-0.4, -0.2) is 116 Å². The van der Waals surface area contributed by atoms with Crippen molar-refractivity contribution in [3.63, 3.8) is 0 Å². The first-order valence-electron chi connectivity index (χ1n) is 15.8. The molecule has 0 unspecified atom stereocenters. The van der Waals surface area contributed by atoms with Crippen LogP contribution in [-0.2, 0) is 19.2 Å². The topological polar surface area (TPSA) is 209 Å². The molecule has 2 aromatic carbocycles. The van der Waals surface area contributed by atoms with E-state index in [0.717, 1.165) is 0 Å². The van der Waals surface area contributed by atoms with Gasteiger partial charge in [0, 0.05) is 48.7 Å². The molecule has 1 saturated heterocycles. The zero-order chi connectivity index (χ0) is 37.0. The van der Waals surface area contributed by atoms with Crippen LogP contribution in [0.15, 0.2) is 57.2 Å². The Morgan fingerprint density at radius 1 is 0.558 bits per heavy atom. The predicted octanol–water partition coefficient (Wildman–Crippen LogP) is 3.45. The minimum Gasteiger partial charge on any atom is -0.325 e. The molecular weight excluding hydrogens is 749 g/mol. The molecule has 4 N–H and O–H groups in total. The number of nitrogens with one attached hydrogen (secondary N) is 4. The van der Waals surface area contributed by atoms with Gasteiger partial charge in [0.05, 0.1) is 24.6 Å². The molecule has 20 heteroatoms. The number of nitrogens with zero attached hydrogens (tertiary/aromatic N) is 6. The molecule has 4 aromatic rings. The predicted molar refractivity (Wildman–Crippen MR) is 202 cm³/mol. The number of rotatable bonds is 16. The Bertz CT molecular complexity index is 1770. The van der Waals surface area contributed by atoms with Gasteiger partial charge in [-0.3, -0.25) is 49.2 Å². The highest BCUT2D eigenvalue weighted by atomic mass is 32.2. The molecule has 1 aliphatic rings. The quantitative estimate of drug-likeness (QED) is 0.0730. The van der Waals surface area contributed by atoms with E-state index >= 15 is 0 Å². The fourth-order valence-electron chi connectivity index (χ4n) is 4.69. The number of hydrogen-bond acceptors (Lipinski definition) is 16. The van der Waals surface area contributed by atoms with E-state index in [1.165, 1.54) is 60.0 Å². The van der Waals surface area contributed by atoms with Crippen molar-refractivity contribution < 1.29 is 28.8 Å². The lowest BCUT2D eigenvalue weighted by Crippen LogP contribution is -2.50. The second-order valence-corrected chi connectivity index (χ2v) is 15.7. The van der Waals surface area contributed by atoms with E-state index in [1.54, 1.807) is 48.5 Å². The number of hydrogen-bond donors (Lipinski definition) is 4. The van der Waals surface area contributed by atoms with E-state index in [-0.39, 0.29) is 59.8 Å². The van der Waals surface area contributed by atoms with Gasteiger partial charge in [-0.15, -0.1) is 20.4 Å². The Kier molecular flexibility index (Phi) is 13.9. The molecule has 2 aromatic heterocycles. The SMILES string of the molecule is CC(=O)c1ccc(NC(=O)CSc2nnc(NC(=O)CN3CCN(CC(=O)Nc4nnc(SCC(=O)Nc5ccc(C(C)=O)cc5)s4)CC3)s2)cc1. The van der Waals surface area contributed by atoms with Crippen LogP contribution >= 0.6 is 46.2 Å². The average molecular weight is 783 g/mol. The molecule has 0 bridgehead atoms. The van der Waals surface area contributed by atoms with Gasteiger partial charge < -0.3 is 10.6 Å². The summed E-state index contributed by atoms with van der Waals surface area (Å²) in [5.74, 6) is -0.861. The number of benzene rings is 2. The first-order chi connectivity index (χ1) is 25.0. The minimum absolute atomic E-state index is 0.0517. The zero-order valence-corrected chi connectivity index (χ0v) is 31.3. The van der Waals surface area contributed by atoms with Gasteiger partial charge in [0.2, 0.25) is 33.9 Å². The van der Waals surface area contributed by atoms with Gasteiger partial charge in [-0.2, -0.15) is 0 Å². The number of thioether (sulfide) groups is 2. The van der Waals surface area contributed by atoms with Crippen molar-refractivity contribution in [2.75, 3.05) is 72.0 Å². The van der Waals surface area contributed by atoms with Crippen LogP contribution in [0.1, 0.15) is 34.6 Å². The summed E-state index contributed by atoms with van der Waals surface area (Å²) in [6.07, 6.45) is 0. The first kappa shape index (κ1) is 38.6. The highest BCUT2D eigenvalue weighted by Crippen LogP contribution is 2.27. The van der Waals surface area contributed by atoms with Crippen LogP contribution in [0.4, 0.5) is 21.6 Å². The standard InChI is InChI=1S/C32H34N10O6S4/c1-19(43)21-3-7-23(8-4-21)33-27(47)17-49-31-39-37-29(51-31)35-25(45)15-41-11-13-42(14-12-41)16-26(46)36-30-38-40-32(52-30)50-18-28(48)34-24-9-5-22(6-10-24)20(2)44/h3-10H,11-18H2,1-2H3,(H,33,47)(H,34,48)(H,35,37,45)(H,36,38,46). The Balaban J connectivity index is 0.944. The van der Waals surface area contributed by atoms with Gasteiger partial charge in [-0.25, -0.2) is 0 Å². The Morgan fingerprint density at radius 3 is 1.27 bits per heavy atom. The Labute approximate surface area is 314 Å². The third kappa shape index (κ3) is 12.3. The number of carbonyl (C=O) groups excluding carboxylic acids is 6.